The fourth-order valence-corrected chi connectivity index (χ4v) is 2.19. The van der Waals surface area contributed by atoms with Gasteiger partial charge in [-0.2, -0.15) is 0 Å². The molecule has 1 fully saturated rings. The number of amides is 2. The van der Waals surface area contributed by atoms with Gasteiger partial charge in [0.25, 0.3) is 11.8 Å². The molecule has 2 atom stereocenters. The van der Waals surface area contributed by atoms with Crippen LogP contribution in [0.5, 0.6) is 0 Å². The van der Waals surface area contributed by atoms with E-state index in [2.05, 4.69) is 0 Å². The molecule has 2 unspecified atom stereocenters. The van der Waals surface area contributed by atoms with Gasteiger partial charge in [-0.05, 0) is 26.0 Å². The van der Waals surface area contributed by atoms with Crippen LogP contribution >= 0.6 is 0 Å². The van der Waals surface area contributed by atoms with E-state index in [4.69, 9.17) is 4.74 Å². The van der Waals surface area contributed by atoms with Crippen molar-refractivity contribution >= 4 is 11.8 Å². The highest BCUT2D eigenvalue weighted by atomic mass is 16.6. The fraction of sp³-hybridized carbons (Fsp3) is 0.385. The second kappa shape index (κ2) is 3.17. The zero-order chi connectivity index (χ0) is 12.2. The van der Waals surface area contributed by atoms with Gasteiger partial charge in [-0.25, -0.2) is 0 Å². The minimum absolute atomic E-state index is 0.213. The first-order valence-electron chi connectivity index (χ1n) is 5.65. The largest absolute Gasteiger partial charge is 0.368 e. The number of hydrogen-bond acceptors (Lipinski definition) is 3. The zero-order valence-electron chi connectivity index (χ0n) is 9.77. The predicted octanol–water partition coefficient (Wildman–Crippen LogP) is 1.46. The Hall–Kier alpha value is -1.68. The van der Waals surface area contributed by atoms with Crippen LogP contribution in [0.3, 0.4) is 0 Å². The van der Waals surface area contributed by atoms with Crippen molar-refractivity contribution < 1.29 is 14.3 Å². The maximum absolute atomic E-state index is 12.2. The van der Waals surface area contributed by atoms with E-state index in [1.165, 1.54) is 4.90 Å². The third-order valence-electron chi connectivity index (χ3n) is 3.70. The number of carbonyl (C=O) groups excluding carboxylic acids is 2. The van der Waals surface area contributed by atoms with Crippen molar-refractivity contribution in [2.75, 3.05) is 6.61 Å². The Balaban J connectivity index is 2.00. The van der Waals surface area contributed by atoms with Crippen molar-refractivity contribution in [2.24, 2.45) is 0 Å². The SMILES string of the molecule is CC(N1C(=O)c2ccccc2C1=O)C1(C)CO1. The van der Waals surface area contributed by atoms with Crippen LogP contribution in [0.1, 0.15) is 34.6 Å². The van der Waals surface area contributed by atoms with Crippen molar-refractivity contribution in [3.05, 3.63) is 35.4 Å². The Morgan fingerprint density at radius 1 is 1.24 bits per heavy atom. The standard InChI is InChI=1S/C13H13NO3/c1-8(13(2)7-17-13)14-11(15)9-5-3-4-6-10(9)12(14)16/h3-6,8H,7H2,1-2H3. The molecule has 0 radical (unpaired) electrons. The summed E-state index contributed by atoms with van der Waals surface area (Å²) in [5.41, 5.74) is 0.620. The molecule has 0 N–H and O–H groups in total. The molecule has 1 aromatic rings. The quantitative estimate of drug-likeness (QED) is 0.572. The lowest BCUT2D eigenvalue weighted by Crippen LogP contribution is -2.45. The van der Waals surface area contributed by atoms with E-state index < -0.39 is 0 Å². The van der Waals surface area contributed by atoms with Crippen LogP contribution < -0.4 is 0 Å². The van der Waals surface area contributed by atoms with E-state index in [9.17, 15) is 9.59 Å². The van der Waals surface area contributed by atoms with Gasteiger partial charge in [0, 0.05) is 0 Å². The molecular formula is C13H13NO3. The van der Waals surface area contributed by atoms with Crippen molar-refractivity contribution in [1.29, 1.82) is 0 Å². The molecule has 4 nitrogen and oxygen atoms in total. The predicted molar refractivity (Wildman–Crippen MR) is 60.8 cm³/mol. The third-order valence-corrected chi connectivity index (χ3v) is 3.70. The first kappa shape index (κ1) is 10.5. The Labute approximate surface area is 99.2 Å². The molecule has 2 aliphatic heterocycles. The second-order valence-corrected chi connectivity index (χ2v) is 4.80. The summed E-state index contributed by atoms with van der Waals surface area (Å²) in [5, 5.41) is 0. The Bertz CT molecular complexity index is 484. The zero-order valence-corrected chi connectivity index (χ0v) is 9.77. The molecule has 17 heavy (non-hydrogen) atoms. The Kier molecular flexibility index (Phi) is 1.95. The fourth-order valence-electron chi connectivity index (χ4n) is 2.19. The first-order chi connectivity index (χ1) is 8.04. The highest BCUT2D eigenvalue weighted by molar-refractivity contribution is 6.21. The number of benzene rings is 1. The molecule has 0 saturated carbocycles. The third kappa shape index (κ3) is 1.34. The molecule has 1 aromatic carbocycles. The van der Waals surface area contributed by atoms with Crippen LogP contribution in [-0.4, -0.2) is 35.0 Å². The van der Waals surface area contributed by atoms with E-state index in [0.29, 0.717) is 17.7 Å². The summed E-state index contributed by atoms with van der Waals surface area (Å²) < 4.78 is 5.32. The minimum Gasteiger partial charge on any atom is -0.368 e. The monoisotopic (exact) mass is 231 g/mol. The van der Waals surface area contributed by atoms with Gasteiger partial charge in [-0.3, -0.25) is 14.5 Å². The lowest BCUT2D eigenvalue weighted by atomic mass is 10.0. The van der Waals surface area contributed by atoms with Crippen molar-refractivity contribution in [3.8, 4) is 0 Å². The van der Waals surface area contributed by atoms with E-state index in [0.717, 1.165) is 0 Å². The number of carbonyl (C=O) groups is 2. The van der Waals surface area contributed by atoms with Crippen molar-refractivity contribution in [3.63, 3.8) is 0 Å². The lowest BCUT2D eigenvalue weighted by molar-refractivity contribution is 0.0520. The number of epoxide rings is 1. The molecular weight excluding hydrogens is 218 g/mol. The molecule has 88 valence electrons. The van der Waals surface area contributed by atoms with E-state index in [1.54, 1.807) is 24.3 Å². The summed E-state index contributed by atoms with van der Waals surface area (Å²) in [6, 6.07) is 6.70. The number of hydrogen-bond donors (Lipinski definition) is 0. The van der Waals surface area contributed by atoms with Crippen molar-refractivity contribution in [1.82, 2.24) is 4.90 Å². The summed E-state index contributed by atoms with van der Waals surface area (Å²) in [6.45, 7) is 4.37. The molecule has 0 aromatic heterocycles. The van der Waals surface area contributed by atoms with Gasteiger partial charge in [-0.1, -0.05) is 12.1 Å². The molecule has 3 rings (SSSR count). The van der Waals surface area contributed by atoms with Gasteiger partial charge in [0.05, 0.1) is 23.8 Å². The molecule has 2 heterocycles. The van der Waals surface area contributed by atoms with Gasteiger partial charge in [0.15, 0.2) is 0 Å². The smallest absolute Gasteiger partial charge is 0.261 e. The summed E-state index contributed by atoms with van der Waals surface area (Å²) >= 11 is 0. The number of rotatable bonds is 2. The average molecular weight is 231 g/mol. The minimum atomic E-state index is -0.368. The second-order valence-electron chi connectivity index (χ2n) is 4.80. The van der Waals surface area contributed by atoms with E-state index in [-0.39, 0.29) is 23.5 Å². The van der Waals surface area contributed by atoms with Gasteiger partial charge < -0.3 is 4.74 Å². The molecule has 0 aliphatic carbocycles. The van der Waals surface area contributed by atoms with Crippen LogP contribution in [0, 0.1) is 0 Å². The van der Waals surface area contributed by atoms with Gasteiger partial charge >= 0.3 is 0 Å². The lowest BCUT2D eigenvalue weighted by Gasteiger charge is -2.25. The summed E-state index contributed by atoms with van der Waals surface area (Å²) in [7, 11) is 0. The molecule has 2 aliphatic rings. The highest BCUT2D eigenvalue weighted by Gasteiger charge is 2.52. The van der Waals surface area contributed by atoms with Gasteiger partial charge in [0.1, 0.15) is 5.60 Å². The summed E-state index contributed by atoms with van der Waals surface area (Å²) in [5.74, 6) is -0.426. The highest BCUT2D eigenvalue weighted by Crippen LogP contribution is 2.36. The number of ether oxygens (including phenoxy) is 1. The normalized spacial score (nSPS) is 28.2. The summed E-state index contributed by atoms with van der Waals surface area (Å²) in [6.07, 6.45) is 0. The summed E-state index contributed by atoms with van der Waals surface area (Å²) in [4.78, 5) is 25.7. The number of nitrogens with zero attached hydrogens (tertiary/aromatic N) is 1. The molecule has 4 heteroatoms. The van der Waals surface area contributed by atoms with E-state index >= 15 is 0 Å². The van der Waals surface area contributed by atoms with Crippen molar-refractivity contribution in [2.45, 2.75) is 25.5 Å². The molecule has 0 bridgehead atoms. The average Bonchev–Trinajstić information content (AvgIpc) is 3.03. The van der Waals surface area contributed by atoms with Crippen LogP contribution in [0.4, 0.5) is 0 Å². The molecule has 0 spiro atoms. The molecule has 1 saturated heterocycles. The first-order valence-corrected chi connectivity index (χ1v) is 5.65. The number of fused-ring (bicyclic) bond motifs is 1. The Morgan fingerprint density at radius 2 is 1.71 bits per heavy atom. The van der Waals surface area contributed by atoms with Crippen LogP contribution in [0.2, 0.25) is 0 Å². The number of imide groups is 1. The van der Waals surface area contributed by atoms with Crippen LogP contribution in [0.15, 0.2) is 24.3 Å². The van der Waals surface area contributed by atoms with Crippen LogP contribution in [0.25, 0.3) is 0 Å². The maximum atomic E-state index is 12.2. The van der Waals surface area contributed by atoms with Gasteiger partial charge in [0.2, 0.25) is 0 Å². The topological polar surface area (TPSA) is 49.9 Å². The van der Waals surface area contributed by atoms with Gasteiger partial charge in [-0.15, -0.1) is 0 Å². The molecule has 2 amide bonds. The van der Waals surface area contributed by atoms with Crippen LogP contribution in [-0.2, 0) is 4.74 Å². The Morgan fingerprint density at radius 3 is 2.12 bits per heavy atom. The maximum Gasteiger partial charge on any atom is 0.261 e. The van der Waals surface area contributed by atoms with E-state index in [1.807, 2.05) is 13.8 Å².